The molecule has 3 aromatic rings. The molecule has 0 heterocycles. The number of ether oxygens (including phenoxy) is 8. The van der Waals surface area contributed by atoms with Crippen LogP contribution in [0.15, 0.2) is 79.9 Å². The molecule has 16 nitrogen and oxygen atoms in total. The molecule has 0 radical (unpaired) electrons. The van der Waals surface area contributed by atoms with E-state index in [0.29, 0.717) is 130 Å². The van der Waals surface area contributed by atoms with Crippen LogP contribution in [0.2, 0.25) is 0 Å². The van der Waals surface area contributed by atoms with E-state index >= 15 is 0 Å². The third-order valence-corrected chi connectivity index (χ3v) is 13.1. The SMILES string of the molecule is C=CC(=O)OCCCCOC(=O)CCc1ccc(OC(=O)C2CCC(C(=O)Oc3cc(C)c(OC(=O)C4CCC(C(=O)Oc5ccc(CCC(=O)OCCCCOC(=O)C=C)cc5)CC4)c(C)c3C)CC2)cc1. The minimum atomic E-state index is -0.486. The Balaban J connectivity index is 0.971. The lowest BCUT2D eigenvalue weighted by atomic mass is 9.82. The Hall–Kier alpha value is -7.10. The molecular formula is C57H68O16. The number of esters is 8. The molecule has 2 aliphatic carbocycles. The molecule has 0 atom stereocenters. The predicted octanol–water partition coefficient (Wildman–Crippen LogP) is 9.22. The van der Waals surface area contributed by atoms with Gasteiger partial charge in [0.1, 0.15) is 23.0 Å². The first kappa shape index (κ1) is 56.8. The molecule has 0 N–H and O–H groups in total. The van der Waals surface area contributed by atoms with Crippen molar-refractivity contribution < 1.29 is 76.3 Å². The minimum Gasteiger partial charge on any atom is -0.466 e. The largest absolute Gasteiger partial charge is 0.466 e. The van der Waals surface area contributed by atoms with Gasteiger partial charge in [-0.1, -0.05) is 37.4 Å². The summed E-state index contributed by atoms with van der Waals surface area (Å²) in [6.45, 7) is 13.0. The first-order chi connectivity index (χ1) is 35.1. The van der Waals surface area contributed by atoms with Crippen molar-refractivity contribution >= 4 is 47.8 Å². The topological polar surface area (TPSA) is 210 Å². The van der Waals surface area contributed by atoms with Gasteiger partial charge in [-0.05, 0) is 169 Å². The van der Waals surface area contributed by atoms with Crippen LogP contribution in [0.4, 0.5) is 0 Å². The average Bonchev–Trinajstić information content (AvgIpc) is 3.40. The van der Waals surface area contributed by atoms with Crippen molar-refractivity contribution in [3.63, 3.8) is 0 Å². The zero-order chi connectivity index (χ0) is 52.7. The quantitative estimate of drug-likeness (QED) is 0.0241. The maximum atomic E-state index is 13.4. The fourth-order valence-corrected chi connectivity index (χ4v) is 8.52. The van der Waals surface area contributed by atoms with Crippen LogP contribution in [0.3, 0.4) is 0 Å². The lowest BCUT2D eigenvalue weighted by Crippen LogP contribution is -2.31. The number of hydrogen-bond acceptors (Lipinski definition) is 16. The molecule has 0 aromatic heterocycles. The molecule has 5 rings (SSSR count). The molecule has 16 heteroatoms. The summed E-state index contributed by atoms with van der Waals surface area (Å²) in [5.74, 6) is -3.10. The van der Waals surface area contributed by atoms with Crippen LogP contribution in [0, 0.1) is 44.4 Å². The lowest BCUT2D eigenvalue weighted by Gasteiger charge is -2.27. The van der Waals surface area contributed by atoms with E-state index in [1.165, 1.54) is 0 Å². The monoisotopic (exact) mass is 1010 g/mol. The number of carbonyl (C=O) groups excluding carboxylic acids is 8. The summed E-state index contributed by atoms with van der Waals surface area (Å²) in [6, 6.07) is 15.6. The second-order valence-corrected chi connectivity index (χ2v) is 18.4. The molecule has 0 unspecified atom stereocenters. The van der Waals surface area contributed by atoms with Gasteiger partial charge < -0.3 is 37.9 Å². The van der Waals surface area contributed by atoms with Crippen LogP contribution < -0.4 is 18.9 Å². The van der Waals surface area contributed by atoms with Crippen LogP contribution in [0.25, 0.3) is 0 Å². The van der Waals surface area contributed by atoms with Gasteiger partial charge in [-0.3, -0.25) is 28.8 Å². The second kappa shape index (κ2) is 29.4. The zero-order valence-electron chi connectivity index (χ0n) is 42.2. The van der Waals surface area contributed by atoms with Crippen molar-refractivity contribution in [2.75, 3.05) is 26.4 Å². The predicted molar refractivity (Wildman–Crippen MR) is 266 cm³/mol. The fraction of sp³-hybridized carbons (Fsp3) is 0.474. The highest BCUT2D eigenvalue weighted by molar-refractivity contribution is 5.82. The highest BCUT2D eigenvalue weighted by Crippen LogP contribution is 2.38. The van der Waals surface area contributed by atoms with Crippen molar-refractivity contribution in [1.82, 2.24) is 0 Å². The standard InChI is InChI=1S/C57H68O16/c1-6-49(58)66-32-8-10-34-68-51(60)30-16-40-12-26-46(27-13-40)70-54(62)42-18-22-44(23-19-42)56(64)72-48-36-37(3)53(39(5)38(48)4)73-57(65)45-24-20-43(21-25-45)55(63)71-47-28-14-41(15-29-47)17-31-52(61)69-35-11-9-33-67-50(59)7-2/h6-7,12-15,26-29,36,42-45H,1-2,8-11,16-25,30-35H2,3-5H3. The van der Waals surface area contributed by atoms with Crippen LogP contribution in [0.1, 0.15) is 118 Å². The van der Waals surface area contributed by atoms with Gasteiger partial charge in [-0.25, -0.2) is 9.59 Å². The van der Waals surface area contributed by atoms with Crippen molar-refractivity contribution in [2.24, 2.45) is 23.7 Å². The molecule has 392 valence electrons. The zero-order valence-corrected chi connectivity index (χ0v) is 42.2. The van der Waals surface area contributed by atoms with Crippen LogP contribution >= 0.6 is 0 Å². The Morgan fingerprint density at radius 2 is 0.808 bits per heavy atom. The van der Waals surface area contributed by atoms with E-state index in [4.69, 9.17) is 37.9 Å². The first-order valence-corrected chi connectivity index (χ1v) is 25.2. The number of benzene rings is 3. The number of unbranched alkanes of at least 4 members (excludes halogenated alkanes) is 2. The van der Waals surface area contributed by atoms with Crippen LogP contribution in [-0.2, 0) is 70.1 Å². The molecule has 2 saturated carbocycles. The summed E-state index contributed by atoms with van der Waals surface area (Å²) in [5, 5.41) is 0. The molecule has 73 heavy (non-hydrogen) atoms. The van der Waals surface area contributed by atoms with Gasteiger partial charge in [0.2, 0.25) is 0 Å². The molecule has 0 aliphatic heterocycles. The van der Waals surface area contributed by atoms with Crippen molar-refractivity contribution in [3.8, 4) is 23.0 Å². The number of hydrogen-bond donors (Lipinski definition) is 0. The number of aryl methyl sites for hydroxylation is 3. The van der Waals surface area contributed by atoms with E-state index in [1.807, 2.05) is 6.92 Å². The van der Waals surface area contributed by atoms with Gasteiger partial charge in [0.25, 0.3) is 0 Å². The molecular weight excluding hydrogens is 941 g/mol. The first-order valence-electron chi connectivity index (χ1n) is 25.2. The molecule has 2 aliphatic rings. The highest BCUT2D eigenvalue weighted by atomic mass is 16.6. The Bertz CT molecular complexity index is 2400. The molecule has 0 spiro atoms. The van der Waals surface area contributed by atoms with Crippen molar-refractivity contribution in [1.29, 1.82) is 0 Å². The van der Waals surface area contributed by atoms with E-state index in [2.05, 4.69) is 13.2 Å². The van der Waals surface area contributed by atoms with Crippen molar-refractivity contribution in [3.05, 3.63) is 108 Å². The number of rotatable bonds is 26. The van der Waals surface area contributed by atoms with Gasteiger partial charge in [0, 0.05) is 25.0 Å². The van der Waals surface area contributed by atoms with Gasteiger partial charge in [-0.15, -0.1) is 0 Å². The summed E-state index contributed by atoms with van der Waals surface area (Å²) in [5.41, 5.74) is 3.74. The van der Waals surface area contributed by atoms with Gasteiger partial charge >= 0.3 is 47.8 Å². The van der Waals surface area contributed by atoms with Crippen molar-refractivity contribution in [2.45, 2.75) is 124 Å². The van der Waals surface area contributed by atoms with Gasteiger partial charge in [-0.2, -0.15) is 0 Å². The smallest absolute Gasteiger partial charge is 0.330 e. The summed E-state index contributed by atoms with van der Waals surface area (Å²) >= 11 is 0. The Morgan fingerprint density at radius 1 is 0.466 bits per heavy atom. The average molecular weight is 1010 g/mol. The Morgan fingerprint density at radius 3 is 1.18 bits per heavy atom. The minimum absolute atomic E-state index is 0.192. The fourth-order valence-electron chi connectivity index (χ4n) is 8.52. The lowest BCUT2D eigenvalue weighted by molar-refractivity contribution is -0.145. The molecule has 0 saturated heterocycles. The Kier molecular flexibility index (Phi) is 22.9. The maximum Gasteiger partial charge on any atom is 0.330 e. The Labute approximate surface area is 427 Å². The number of carbonyl (C=O) groups is 8. The molecule has 3 aromatic carbocycles. The van der Waals surface area contributed by atoms with Gasteiger partial charge in [0.15, 0.2) is 0 Å². The van der Waals surface area contributed by atoms with Crippen LogP contribution in [-0.4, -0.2) is 74.2 Å². The molecule has 0 bridgehead atoms. The normalized spacial score (nSPS) is 17.2. The summed E-state index contributed by atoms with van der Waals surface area (Å²) in [7, 11) is 0. The second-order valence-electron chi connectivity index (χ2n) is 18.4. The van der Waals surface area contributed by atoms with E-state index in [1.54, 1.807) is 68.4 Å². The maximum absolute atomic E-state index is 13.4. The molecule has 0 amide bonds. The van der Waals surface area contributed by atoms with E-state index in [9.17, 15) is 38.4 Å². The van der Waals surface area contributed by atoms with E-state index in [0.717, 1.165) is 23.3 Å². The summed E-state index contributed by atoms with van der Waals surface area (Å²) < 4.78 is 43.5. The van der Waals surface area contributed by atoms with E-state index in [-0.39, 0.29) is 86.9 Å². The third-order valence-electron chi connectivity index (χ3n) is 13.1. The summed E-state index contributed by atoms with van der Waals surface area (Å²) in [6.07, 6.45) is 9.49. The third kappa shape index (κ3) is 18.8. The summed E-state index contributed by atoms with van der Waals surface area (Å²) in [4.78, 5) is 99.4. The van der Waals surface area contributed by atoms with Crippen LogP contribution in [0.5, 0.6) is 23.0 Å². The molecule has 2 fully saturated rings. The van der Waals surface area contributed by atoms with Gasteiger partial charge in [0.05, 0.1) is 50.1 Å². The highest BCUT2D eigenvalue weighted by Gasteiger charge is 2.35. The van der Waals surface area contributed by atoms with E-state index < -0.39 is 23.8 Å².